The van der Waals surface area contributed by atoms with E-state index in [1.165, 1.54) is 0 Å². The zero-order valence-electron chi connectivity index (χ0n) is 11.9. The van der Waals surface area contributed by atoms with Gasteiger partial charge in [-0.2, -0.15) is 0 Å². The van der Waals surface area contributed by atoms with Crippen LogP contribution in [0.15, 0.2) is 31.9 Å². The molecule has 6 heteroatoms. The molecule has 2 unspecified atom stereocenters. The highest BCUT2D eigenvalue weighted by atomic mass is 79.9. The number of nitrogens with two attached hydrogens (primary N) is 1. The molecule has 114 valence electrons. The first kappa shape index (κ1) is 14.0. The number of nitrogens with one attached hydrogen (secondary N) is 1. The van der Waals surface area contributed by atoms with Gasteiger partial charge in [0.2, 0.25) is 5.58 Å². The number of benzene rings is 1. The summed E-state index contributed by atoms with van der Waals surface area (Å²) in [7, 11) is 0. The number of nitrogens with zero attached hydrogens (tertiary/aromatic N) is 1. The maximum Gasteiger partial charge on any atom is 0.294 e. The van der Waals surface area contributed by atoms with Crippen LogP contribution in [0.3, 0.4) is 0 Å². The Morgan fingerprint density at radius 1 is 1.36 bits per heavy atom. The van der Waals surface area contributed by atoms with Gasteiger partial charge in [0, 0.05) is 21.8 Å². The zero-order chi connectivity index (χ0) is 15.3. The normalized spacial score (nSPS) is 22.5. The highest BCUT2D eigenvalue weighted by Crippen LogP contribution is 2.32. The van der Waals surface area contributed by atoms with Gasteiger partial charge >= 0.3 is 0 Å². The van der Waals surface area contributed by atoms with Gasteiger partial charge in [0.25, 0.3) is 5.56 Å². The Hall–Kier alpha value is -1.66. The van der Waals surface area contributed by atoms with Crippen molar-refractivity contribution in [3.05, 3.63) is 38.9 Å². The molecule has 0 bridgehead atoms. The van der Waals surface area contributed by atoms with E-state index in [1.54, 1.807) is 0 Å². The summed E-state index contributed by atoms with van der Waals surface area (Å²) in [5.41, 5.74) is 7.44. The number of fused-ring (bicyclic) bond motifs is 3. The first-order valence-corrected chi connectivity index (χ1v) is 8.28. The molecule has 0 spiro atoms. The lowest BCUT2D eigenvalue weighted by Gasteiger charge is -2.25. The molecular formula is C16H16BrN3O2. The first-order valence-electron chi connectivity index (χ1n) is 7.49. The molecule has 0 aliphatic heterocycles. The molecule has 0 saturated heterocycles. The van der Waals surface area contributed by atoms with E-state index in [0.29, 0.717) is 11.1 Å². The predicted molar refractivity (Wildman–Crippen MR) is 89.0 cm³/mol. The van der Waals surface area contributed by atoms with Crippen LogP contribution < -0.4 is 11.3 Å². The van der Waals surface area contributed by atoms with Crippen LogP contribution in [0.2, 0.25) is 0 Å². The van der Waals surface area contributed by atoms with Crippen LogP contribution in [0.4, 0.5) is 0 Å². The Labute approximate surface area is 135 Å². The third kappa shape index (κ3) is 2.27. The average molecular weight is 362 g/mol. The van der Waals surface area contributed by atoms with Gasteiger partial charge in [0.1, 0.15) is 16.9 Å². The van der Waals surface area contributed by atoms with Gasteiger partial charge in [-0.25, -0.2) is 4.98 Å². The molecule has 3 aromatic rings. The second-order valence-electron chi connectivity index (χ2n) is 6.00. The molecule has 2 aromatic heterocycles. The summed E-state index contributed by atoms with van der Waals surface area (Å²) >= 11 is 3.45. The van der Waals surface area contributed by atoms with E-state index in [1.807, 2.05) is 18.2 Å². The number of hydrogen-bond donors (Lipinski definition) is 2. The Bertz CT molecular complexity index is 915. The van der Waals surface area contributed by atoms with Crippen molar-refractivity contribution in [2.45, 2.75) is 37.6 Å². The number of aromatic nitrogens is 2. The molecular weight excluding hydrogens is 346 g/mol. The fourth-order valence-corrected chi connectivity index (χ4v) is 3.67. The molecule has 4 rings (SSSR count). The SMILES string of the molecule is NC1CCCC(c2nc3c(oc4ccc(Br)cc43)c(=O)[nH]2)C1. The van der Waals surface area contributed by atoms with Crippen molar-refractivity contribution in [3.63, 3.8) is 0 Å². The van der Waals surface area contributed by atoms with Gasteiger partial charge in [0.15, 0.2) is 0 Å². The standard InChI is InChI=1S/C16H16BrN3O2/c17-9-4-5-12-11(7-9)13-14(22-12)16(21)20-15(19-13)8-2-1-3-10(18)6-8/h4-5,7-8,10H,1-3,6,18H2,(H,19,20,21). The lowest BCUT2D eigenvalue weighted by Crippen LogP contribution is -2.28. The number of furan rings is 1. The van der Waals surface area contributed by atoms with Crippen LogP contribution in [0.1, 0.15) is 37.4 Å². The summed E-state index contributed by atoms with van der Waals surface area (Å²) in [4.78, 5) is 19.9. The smallest absolute Gasteiger partial charge is 0.294 e. The topological polar surface area (TPSA) is 84.9 Å². The zero-order valence-corrected chi connectivity index (χ0v) is 13.5. The number of hydrogen-bond acceptors (Lipinski definition) is 4. The van der Waals surface area contributed by atoms with E-state index in [4.69, 9.17) is 15.1 Å². The third-order valence-corrected chi connectivity index (χ3v) is 4.90. The van der Waals surface area contributed by atoms with Crippen molar-refractivity contribution in [1.29, 1.82) is 0 Å². The minimum absolute atomic E-state index is 0.190. The van der Waals surface area contributed by atoms with Gasteiger partial charge in [-0.3, -0.25) is 4.79 Å². The molecule has 1 aliphatic rings. The molecule has 3 N–H and O–H groups in total. The first-order chi connectivity index (χ1) is 10.6. The summed E-state index contributed by atoms with van der Waals surface area (Å²) in [5.74, 6) is 0.952. The molecule has 1 aromatic carbocycles. The lowest BCUT2D eigenvalue weighted by molar-refractivity contribution is 0.382. The van der Waals surface area contributed by atoms with Crippen molar-refractivity contribution in [1.82, 2.24) is 9.97 Å². The van der Waals surface area contributed by atoms with E-state index < -0.39 is 0 Å². The number of H-pyrrole nitrogens is 1. The van der Waals surface area contributed by atoms with E-state index in [9.17, 15) is 4.79 Å². The molecule has 2 heterocycles. The van der Waals surface area contributed by atoms with Crippen LogP contribution in [0.5, 0.6) is 0 Å². The minimum atomic E-state index is -0.216. The van der Waals surface area contributed by atoms with E-state index >= 15 is 0 Å². The summed E-state index contributed by atoms with van der Waals surface area (Å²) in [6.07, 6.45) is 4.01. The van der Waals surface area contributed by atoms with Crippen molar-refractivity contribution in [3.8, 4) is 0 Å². The predicted octanol–water partition coefficient (Wildman–Crippen LogP) is 3.42. The van der Waals surface area contributed by atoms with Crippen molar-refractivity contribution in [2.24, 2.45) is 5.73 Å². The number of aromatic amines is 1. The maximum absolute atomic E-state index is 12.3. The minimum Gasteiger partial charge on any atom is -0.449 e. The van der Waals surface area contributed by atoms with Crippen LogP contribution in [-0.4, -0.2) is 16.0 Å². The van der Waals surface area contributed by atoms with Crippen molar-refractivity contribution < 1.29 is 4.42 Å². The van der Waals surface area contributed by atoms with Crippen molar-refractivity contribution in [2.75, 3.05) is 0 Å². The Morgan fingerprint density at radius 2 is 2.23 bits per heavy atom. The van der Waals surface area contributed by atoms with Crippen molar-refractivity contribution >= 4 is 38.0 Å². The maximum atomic E-state index is 12.3. The van der Waals surface area contributed by atoms with E-state index in [0.717, 1.165) is 41.4 Å². The highest BCUT2D eigenvalue weighted by Gasteiger charge is 2.24. The summed E-state index contributed by atoms with van der Waals surface area (Å²) in [5, 5.41) is 0.858. The second kappa shape index (κ2) is 5.21. The van der Waals surface area contributed by atoms with Crippen LogP contribution >= 0.6 is 15.9 Å². The van der Waals surface area contributed by atoms with E-state index in [2.05, 4.69) is 20.9 Å². The second-order valence-corrected chi connectivity index (χ2v) is 6.91. The fraction of sp³-hybridized carbons (Fsp3) is 0.375. The largest absolute Gasteiger partial charge is 0.449 e. The molecule has 1 aliphatic carbocycles. The number of halogens is 1. The molecule has 1 saturated carbocycles. The van der Waals surface area contributed by atoms with Gasteiger partial charge in [-0.1, -0.05) is 22.4 Å². The molecule has 5 nitrogen and oxygen atoms in total. The quantitative estimate of drug-likeness (QED) is 0.695. The van der Waals surface area contributed by atoms with Gasteiger partial charge in [-0.15, -0.1) is 0 Å². The summed E-state index contributed by atoms with van der Waals surface area (Å²) in [6.45, 7) is 0. The molecule has 1 fully saturated rings. The summed E-state index contributed by atoms with van der Waals surface area (Å²) < 4.78 is 6.59. The van der Waals surface area contributed by atoms with Gasteiger partial charge in [-0.05, 0) is 37.5 Å². The van der Waals surface area contributed by atoms with Gasteiger partial charge in [0.05, 0.1) is 0 Å². The molecule has 2 atom stereocenters. The van der Waals surface area contributed by atoms with Crippen LogP contribution in [0, 0.1) is 0 Å². The average Bonchev–Trinajstić information content (AvgIpc) is 2.86. The third-order valence-electron chi connectivity index (χ3n) is 4.41. The van der Waals surface area contributed by atoms with Crippen LogP contribution in [0.25, 0.3) is 22.1 Å². The Morgan fingerprint density at radius 3 is 3.05 bits per heavy atom. The number of rotatable bonds is 1. The van der Waals surface area contributed by atoms with E-state index in [-0.39, 0.29) is 23.1 Å². The van der Waals surface area contributed by atoms with Gasteiger partial charge < -0.3 is 15.1 Å². The lowest BCUT2D eigenvalue weighted by atomic mass is 9.85. The Kier molecular flexibility index (Phi) is 3.31. The summed E-state index contributed by atoms with van der Waals surface area (Å²) in [6, 6.07) is 5.86. The molecule has 0 amide bonds. The monoisotopic (exact) mass is 361 g/mol. The fourth-order valence-electron chi connectivity index (χ4n) is 3.31. The molecule has 22 heavy (non-hydrogen) atoms. The highest BCUT2D eigenvalue weighted by molar-refractivity contribution is 9.10. The van der Waals surface area contributed by atoms with Crippen LogP contribution in [-0.2, 0) is 0 Å². The molecule has 0 radical (unpaired) electrons. The Balaban J connectivity index is 1.92.